The number of carbonyl (C=O) groups excluding carboxylic acids is 2. The first kappa shape index (κ1) is 10.8. The SMILES string of the molecule is C=C(Cl)CN1C(=O)NC2(CCSC2)C1=O. The summed E-state index contributed by atoms with van der Waals surface area (Å²) in [6.07, 6.45) is 0.702. The topological polar surface area (TPSA) is 49.4 Å². The Balaban J connectivity index is 2.19. The van der Waals surface area contributed by atoms with Crippen molar-refractivity contribution in [3.63, 3.8) is 0 Å². The lowest BCUT2D eigenvalue weighted by atomic mass is 9.99. The number of hydrogen-bond acceptors (Lipinski definition) is 3. The van der Waals surface area contributed by atoms with Crippen molar-refractivity contribution >= 4 is 35.3 Å². The lowest BCUT2D eigenvalue weighted by Gasteiger charge is -2.18. The molecular formula is C9H11ClN2O2S. The van der Waals surface area contributed by atoms with E-state index >= 15 is 0 Å². The van der Waals surface area contributed by atoms with Gasteiger partial charge in [-0.05, 0) is 12.2 Å². The minimum atomic E-state index is -0.673. The van der Waals surface area contributed by atoms with Crippen molar-refractivity contribution in [1.82, 2.24) is 10.2 Å². The second-order valence-corrected chi connectivity index (χ2v) is 5.36. The van der Waals surface area contributed by atoms with Crippen LogP contribution in [0.3, 0.4) is 0 Å². The summed E-state index contributed by atoms with van der Waals surface area (Å²) < 4.78 is 0. The average molecular weight is 247 g/mol. The molecule has 2 rings (SSSR count). The van der Waals surface area contributed by atoms with Crippen LogP contribution in [0.1, 0.15) is 6.42 Å². The van der Waals surface area contributed by atoms with E-state index in [2.05, 4.69) is 11.9 Å². The predicted octanol–water partition coefficient (Wildman–Crippen LogP) is 1.17. The largest absolute Gasteiger partial charge is 0.325 e. The van der Waals surface area contributed by atoms with Crippen LogP contribution in [0.5, 0.6) is 0 Å². The monoisotopic (exact) mass is 246 g/mol. The highest BCUT2D eigenvalue weighted by atomic mass is 35.5. The third-order valence-corrected chi connectivity index (χ3v) is 3.91. The van der Waals surface area contributed by atoms with Gasteiger partial charge in [-0.15, -0.1) is 0 Å². The number of imide groups is 1. The zero-order chi connectivity index (χ0) is 11.1. The van der Waals surface area contributed by atoms with E-state index in [9.17, 15) is 9.59 Å². The smallest absolute Gasteiger partial charge is 0.322 e. The number of nitrogens with one attached hydrogen (secondary N) is 1. The van der Waals surface area contributed by atoms with Gasteiger partial charge in [0.2, 0.25) is 0 Å². The Hall–Kier alpha value is -0.680. The molecule has 2 heterocycles. The molecule has 0 aromatic heterocycles. The molecule has 6 heteroatoms. The molecule has 1 spiro atoms. The summed E-state index contributed by atoms with van der Waals surface area (Å²) in [7, 11) is 0. The molecule has 0 saturated carbocycles. The van der Waals surface area contributed by atoms with Crippen LogP contribution in [0.15, 0.2) is 11.6 Å². The number of thioether (sulfide) groups is 1. The van der Waals surface area contributed by atoms with Crippen molar-refractivity contribution in [2.24, 2.45) is 0 Å². The fourth-order valence-corrected chi connectivity index (χ4v) is 3.27. The number of hydrogen-bond donors (Lipinski definition) is 1. The molecule has 4 nitrogen and oxygen atoms in total. The van der Waals surface area contributed by atoms with Gasteiger partial charge in [0.15, 0.2) is 0 Å². The number of halogens is 1. The molecule has 2 aliphatic heterocycles. The third-order valence-electron chi connectivity index (χ3n) is 2.60. The number of amides is 3. The first-order valence-corrected chi connectivity index (χ1v) is 6.13. The number of nitrogens with zero attached hydrogens (tertiary/aromatic N) is 1. The zero-order valence-corrected chi connectivity index (χ0v) is 9.66. The van der Waals surface area contributed by atoms with Gasteiger partial charge in [-0.2, -0.15) is 11.8 Å². The van der Waals surface area contributed by atoms with E-state index in [0.717, 1.165) is 10.7 Å². The van der Waals surface area contributed by atoms with Crippen molar-refractivity contribution < 1.29 is 9.59 Å². The fraction of sp³-hybridized carbons (Fsp3) is 0.556. The Labute approximate surface area is 97.0 Å². The first-order valence-electron chi connectivity index (χ1n) is 4.60. The maximum Gasteiger partial charge on any atom is 0.325 e. The van der Waals surface area contributed by atoms with Gasteiger partial charge in [-0.3, -0.25) is 9.69 Å². The fourth-order valence-electron chi connectivity index (χ4n) is 1.82. The molecule has 0 aliphatic carbocycles. The molecule has 1 unspecified atom stereocenters. The molecule has 2 saturated heterocycles. The van der Waals surface area contributed by atoms with Crippen LogP contribution in [0.2, 0.25) is 0 Å². The van der Waals surface area contributed by atoms with Gasteiger partial charge in [0.05, 0.1) is 6.54 Å². The third kappa shape index (κ3) is 1.74. The second-order valence-electron chi connectivity index (χ2n) is 3.72. The highest BCUT2D eigenvalue weighted by molar-refractivity contribution is 7.99. The highest BCUT2D eigenvalue weighted by Crippen LogP contribution is 2.33. The van der Waals surface area contributed by atoms with Crippen LogP contribution >= 0.6 is 23.4 Å². The molecule has 3 amide bonds. The quantitative estimate of drug-likeness (QED) is 0.744. The lowest BCUT2D eigenvalue weighted by Crippen LogP contribution is -2.47. The standard InChI is InChI=1S/C9H11ClN2O2S/c1-6(10)4-12-7(13)9(11-8(12)14)2-3-15-5-9/h1-5H2,(H,11,14). The molecule has 1 atom stereocenters. The molecule has 0 aromatic carbocycles. The molecule has 1 N–H and O–H groups in total. The number of urea groups is 1. The van der Waals surface area contributed by atoms with Gasteiger partial charge >= 0.3 is 6.03 Å². The van der Waals surface area contributed by atoms with Crippen molar-refractivity contribution in [2.45, 2.75) is 12.0 Å². The predicted molar refractivity (Wildman–Crippen MR) is 59.9 cm³/mol. The molecular weight excluding hydrogens is 236 g/mol. The van der Waals surface area contributed by atoms with E-state index in [1.54, 1.807) is 11.8 Å². The van der Waals surface area contributed by atoms with Crippen LogP contribution in [-0.4, -0.2) is 40.4 Å². The van der Waals surface area contributed by atoms with E-state index in [0.29, 0.717) is 17.2 Å². The van der Waals surface area contributed by atoms with Crippen molar-refractivity contribution in [1.29, 1.82) is 0 Å². The Morgan fingerprint density at radius 2 is 2.40 bits per heavy atom. The van der Waals surface area contributed by atoms with E-state index in [-0.39, 0.29) is 18.5 Å². The Kier molecular flexibility index (Phi) is 2.68. The Bertz CT molecular complexity index is 339. The number of rotatable bonds is 2. The summed E-state index contributed by atoms with van der Waals surface area (Å²) in [6.45, 7) is 3.58. The minimum Gasteiger partial charge on any atom is -0.322 e. The van der Waals surface area contributed by atoms with Gasteiger partial charge in [0, 0.05) is 10.8 Å². The van der Waals surface area contributed by atoms with Gasteiger partial charge in [-0.25, -0.2) is 4.79 Å². The molecule has 0 bridgehead atoms. The van der Waals surface area contributed by atoms with E-state index in [1.807, 2.05) is 0 Å². The zero-order valence-electron chi connectivity index (χ0n) is 8.09. The van der Waals surface area contributed by atoms with Gasteiger partial charge < -0.3 is 5.32 Å². The molecule has 0 radical (unpaired) electrons. The van der Waals surface area contributed by atoms with E-state index in [1.165, 1.54) is 0 Å². The highest BCUT2D eigenvalue weighted by Gasteiger charge is 2.52. The maximum atomic E-state index is 12.0. The second kappa shape index (κ2) is 3.72. The normalized spacial score (nSPS) is 30.1. The van der Waals surface area contributed by atoms with Gasteiger partial charge in [-0.1, -0.05) is 18.2 Å². The van der Waals surface area contributed by atoms with Crippen LogP contribution in [0.4, 0.5) is 4.79 Å². The first-order chi connectivity index (χ1) is 7.05. The lowest BCUT2D eigenvalue weighted by molar-refractivity contribution is -0.130. The molecule has 0 aromatic rings. The van der Waals surface area contributed by atoms with E-state index in [4.69, 9.17) is 11.6 Å². The van der Waals surface area contributed by atoms with Crippen molar-refractivity contribution in [3.8, 4) is 0 Å². The summed E-state index contributed by atoms with van der Waals surface area (Å²) in [5.74, 6) is 1.39. The maximum absolute atomic E-state index is 12.0. The van der Waals surface area contributed by atoms with Crippen LogP contribution < -0.4 is 5.32 Å². The Morgan fingerprint density at radius 3 is 2.93 bits per heavy atom. The van der Waals surface area contributed by atoms with Crippen LogP contribution in [0.25, 0.3) is 0 Å². The summed E-state index contributed by atoms with van der Waals surface area (Å²) in [4.78, 5) is 24.7. The molecule has 2 fully saturated rings. The summed E-state index contributed by atoms with van der Waals surface area (Å²) in [5, 5.41) is 3.04. The van der Waals surface area contributed by atoms with Crippen LogP contribution in [-0.2, 0) is 4.79 Å². The minimum absolute atomic E-state index is 0.0959. The summed E-state index contributed by atoms with van der Waals surface area (Å²) in [6, 6.07) is -0.357. The van der Waals surface area contributed by atoms with Crippen LogP contribution in [0, 0.1) is 0 Å². The van der Waals surface area contributed by atoms with Crippen molar-refractivity contribution in [3.05, 3.63) is 11.6 Å². The van der Waals surface area contributed by atoms with Gasteiger partial charge in [0.25, 0.3) is 5.91 Å². The van der Waals surface area contributed by atoms with Gasteiger partial charge in [0.1, 0.15) is 5.54 Å². The molecule has 2 aliphatic rings. The van der Waals surface area contributed by atoms with Crippen molar-refractivity contribution in [2.75, 3.05) is 18.1 Å². The average Bonchev–Trinajstić information content (AvgIpc) is 2.69. The van der Waals surface area contributed by atoms with E-state index < -0.39 is 5.54 Å². The Morgan fingerprint density at radius 1 is 1.67 bits per heavy atom. The molecule has 15 heavy (non-hydrogen) atoms. The number of carbonyl (C=O) groups is 2. The summed E-state index contributed by atoms with van der Waals surface area (Å²) >= 11 is 7.29. The molecule has 82 valence electrons. The summed E-state index contributed by atoms with van der Waals surface area (Å²) in [5.41, 5.74) is -0.673.